The molecule has 0 saturated heterocycles. The summed E-state index contributed by atoms with van der Waals surface area (Å²) in [6.45, 7) is 1.53. The zero-order valence-electron chi connectivity index (χ0n) is 10.5. The van der Waals surface area contributed by atoms with Crippen LogP contribution >= 0.6 is 32.9 Å². The van der Waals surface area contributed by atoms with E-state index < -0.39 is 0 Å². The summed E-state index contributed by atoms with van der Waals surface area (Å²) in [4.78, 5) is 12.0. The number of hydrogen-bond donors (Lipinski definition) is 0. The van der Waals surface area contributed by atoms with E-state index in [1.54, 1.807) is 27.8 Å². The molecule has 0 aliphatic carbocycles. The second-order valence-corrected chi connectivity index (χ2v) is 6.76. The molecule has 0 spiro atoms. The van der Waals surface area contributed by atoms with E-state index in [-0.39, 0.29) is 12.4 Å². The van der Waals surface area contributed by atoms with Gasteiger partial charge in [-0.1, -0.05) is 32.9 Å². The van der Waals surface area contributed by atoms with Crippen molar-refractivity contribution in [3.8, 4) is 21.9 Å². The number of carbonyl (C=O) groups is 1. The van der Waals surface area contributed by atoms with Gasteiger partial charge < -0.3 is 9.47 Å². The van der Waals surface area contributed by atoms with Crippen molar-refractivity contribution in [3.63, 3.8) is 0 Å². The van der Waals surface area contributed by atoms with Crippen molar-refractivity contribution in [1.82, 2.24) is 0 Å². The topological polar surface area (TPSA) is 35.5 Å². The molecule has 0 fully saturated rings. The van der Waals surface area contributed by atoms with E-state index in [9.17, 15) is 4.79 Å². The van der Waals surface area contributed by atoms with Gasteiger partial charge in [0.05, 0.1) is 7.11 Å². The van der Waals surface area contributed by atoms with Crippen molar-refractivity contribution >= 4 is 38.7 Å². The zero-order chi connectivity index (χ0) is 13.8. The smallest absolute Gasteiger partial charge is 0.167 e. The predicted molar refractivity (Wildman–Crippen MR) is 81.2 cm³/mol. The van der Waals surface area contributed by atoms with Crippen LogP contribution in [0.25, 0.3) is 10.4 Å². The van der Waals surface area contributed by atoms with Gasteiger partial charge in [0.25, 0.3) is 0 Å². The van der Waals surface area contributed by atoms with Gasteiger partial charge in [0.15, 0.2) is 17.3 Å². The molecular weight excluding hydrogens is 300 g/mol. The summed E-state index contributed by atoms with van der Waals surface area (Å²) >= 11 is 5.13. The van der Waals surface area contributed by atoms with Gasteiger partial charge in [-0.05, 0) is 36.8 Å². The maximum Gasteiger partial charge on any atom is 0.167 e. The summed E-state index contributed by atoms with van der Waals surface area (Å²) in [5.74, 6) is 1.16. The summed E-state index contributed by atoms with van der Waals surface area (Å²) in [5.41, 5.74) is 1.03. The highest BCUT2D eigenvalue weighted by Gasteiger charge is 2.09. The molecular formula is C13H12O3S3. The van der Waals surface area contributed by atoms with E-state index in [0.29, 0.717) is 11.5 Å². The molecule has 0 unspecified atom stereocenters. The van der Waals surface area contributed by atoms with Crippen LogP contribution in [0.1, 0.15) is 6.92 Å². The maximum atomic E-state index is 10.9. The Morgan fingerprint density at radius 1 is 1.26 bits per heavy atom. The molecule has 0 saturated carbocycles. The number of benzene rings is 1. The van der Waals surface area contributed by atoms with Crippen LogP contribution in [0.3, 0.4) is 0 Å². The molecule has 0 aliphatic rings. The summed E-state index contributed by atoms with van der Waals surface area (Å²) in [6.07, 6.45) is 0. The largest absolute Gasteiger partial charge is 0.493 e. The first-order valence-corrected chi connectivity index (χ1v) is 8.07. The van der Waals surface area contributed by atoms with E-state index in [4.69, 9.17) is 21.7 Å². The minimum Gasteiger partial charge on any atom is -0.493 e. The van der Waals surface area contributed by atoms with Gasteiger partial charge in [-0.2, -0.15) is 0 Å². The Morgan fingerprint density at radius 3 is 2.63 bits per heavy atom. The molecule has 100 valence electrons. The molecule has 1 aromatic heterocycles. The van der Waals surface area contributed by atoms with E-state index in [1.807, 2.05) is 24.3 Å². The Bertz CT molecular complexity index is 643. The molecule has 0 radical (unpaired) electrons. The summed E-state index contributed by atoms with van der Waals surface area (Å²) in [7, 11) is 4.78. The molecule has 0 bridgehead atoms. The second kappa shape index (κ2) is 6.27. The lowest BCUT2D eigenvalue weighted by atomic mass is 10.1. The van der Waals surface area contributed by atoms with Crippen LogP contribution in [0.5, 0.6) is 11.5 Å². The molecule has 2 rings (SSSR count). The van der Waals surface area contributed by atoms with Crippen LogP contribution in [0, 0.1) is 3.82 Å². The van der Waals surface area contributed by atoms with Gasteiger partial charge in [0.2, 0.25) is 0 Å². The van der Waals surface area contributed by atoms with Crippen LogP contribution in [-0.2, 0) is 4.79 Å². The maximum absolute atomic E-state index is 10.9. The first kappa shape index (κ1) is 14.2. The van der Waals surface area contributed by atoms with Crippen LogP contribution in [-0.4, -0.2) is 19.5 Å². The quantitative estimate of drug-likeness (QED) is 0.613. The molecule has 6 heteroatoms. The van der Waals surface area contributed by atoms with E-state index in [0.717, 1.165) is 14.3 Å². The minimum absolute atomic E-state index is 0.0260. The number of hydrogen-bond acceptors (Lipinski definition) is 6. The monoisotopic (exact) mass is 312 g/mol. The Labute approximate surface area is 123 Å². The third kappa shape index (κ3) is 3.62. The fourth-order valence-corrected chi connectivity index (χ4v) is 3.89. The first-order valence-electron chi connectivity index (χ1n) is 5.51. The van der Waals surface area contributed by atoms with Gasteiger partial charge in [0.1, 0.15) is 10.4 Å². The SMILES string of the molecule is COc1cc(-c2cc(=S)ss2)ccc1OCC(C)=O. The number of carbonyl (C=O) groups excluding carboxylic acids is 1. The Morgan fingerprint density at radius 2 is 2.05 bits per heavy atom. The lowest BCUT2D eigenvalue weighted by molar-refractivity contribution is -0.118. The molecule has 1 aromatic carbocycles. The van der Waals surface area contributed by atoms with E-state index in [1.165, 1.54) is 6.92 Å². The Balaban J connectivity index is 2.30. The van der Waals surface area contributed by atoms with Gasteiger partial charge in [-0.25, -0.2) is 0 Å². The van der Waals surface area contributed by atoms with Gasteiger partial charge in [0, 0.05) is 4.88 Å². The van der Waals surface area contributed by atoms with Crippen molar-refractivity contribution in [3.05, 3.63) is 28.1 Å². The normalized spacial score (nSPS) is 10.2. The molecule has 3 nitrogen and oxygen atoms in total. The van der Waals surface area contributed by atoms with Gasteiger partial charge in [-0.15, -0.1) is 0 Å². The minimum atomic E-state index is -0.0260. The fourth-order valence-electron chi connectivity index (χ4n) is 1.49. The number of Topliss-reactive ketones (excluding diaryl/α,β-unsaturated/α-hetero) is 1. The van der Waals surface area contributed by atoms with Crippen LogP contribution in [0.2, 0.25) is 0 Å². The van der Waals surface area contributed by atoms with Gasteiger partial charge >= 0.3 is 0 Å². The molecule has 1 heterocycles. The standard InChI is InChI=1S/C13H12O3S3/c1-8(14)7-16-10-4-3-9(5-11(10)15-2)12-6-13(17)19-18-12/h3-6H,7H2,1-2H3. The van der Waals surface area contributed by atoms with Crippen LogP contribution in [0.15, 0.2) is 24.3 Å². The molecule has 2 aromatic rings. The zero-order valence-corrected chi connectivity index (χ0v) is 12.9. The molecule has 0 aliphatic heterocycles. The average Bonchev–Trinajstić information content (AvgIpc) is 2.82. The van der Waals surface area contributed by atoms with E-state index >= 15 is 0 Å². The first-order chi connectivity index (χ1) is 9.10. The highest BCUT2D eigenvalue weighted by atomic mass is 32.9. The Kier molecular flexibility index (Phi) is 4.68. The highest BCUT2D eigenvalue weighted by molar-refractivity contribution is 7.80. The number of methoxy groups -OCH3 is 1. The predicted octanol–water partition coefficient (Wildman–Crippen LogP) is 4.18. The molecule has 0 amide bonds. The van der Waals surface area contributed by atoms with Crippen LogP contribution in [0.4, 0.5) is 0 Å². The fraction of sp³-hybridized carbons (Fsp3) is 0.231. The molecule has 0 N–H and O–H groups in total. The highest BCUT2D eigenvalue weighted by Crippen LogP contribution is 2.35. The van der Waals surface area contributed by atoms with E-state index in [2.05, 4.69) is 0 Å². The van der Waals surface area contributed by atoms with Crippen molar-refractivity contribution in [2.75, 3.05) is 13.7 Å². The molecule has 0 atom stereocenters. The second-order valence-electron chi connectivity index (χ2n) is 3.85. The number of rotatable bonds is 5. The number of ether oxygens (including phenoxy) is 2. The van der Waals surface area contributed by atoms with Crippen molar-refractivity contribution in [2.45, 2.75) is 6.92 Å². The summed E-state index contributed by atoms with van der Waals surface area (Å²) in [6, 6.07) is 7.61. The number of ketones is 1. The summed E-state index contributed by atoms with van der Waals surface area (Å²) in [5, 5.41) is 0. The lowest BCUT2D eigenvalue weighted by Gasteiger charge is -2.10. The van der Waals surface area contributed by atoms with Crippen molar-refractivity contribution in [1.29, 1.82) is 0 Å². The van der Waals surface area contributed by atoms with Crippen LogP contribution < -0.4 is 9.47 Å². The van der Waals surface area contributed by atoms with Crippen molar-refractivity contribution in [2.24, 2.45) is 0 Å². The third-order valence-corrected chi connectivity index (χ3v) is 5.25. The van der Waals surface area contributed by atoms with Crippen molar-refractivity contribution < 1.29 is 14.3 Å². The lowest BCUT2D eigenvalue weighted by Crippen LogP contribution is -2.07. The van der Waals surface area contributed by atoms with Gasteiger partial charge in [-0.3, -0.25) is 4.79 Å². The third-order valence-electron chi connectivity index (χ3n) is 2.34. The summed E-state index contributed by atoms with van der Waals surface area (Å²) < 4.78 is 11.6. The average molecular weight is 312 g/mol. The molecule has 19 heavy (non-hydrogen) atoms. The Hall–Kier alpha value is -1.24.